The molecule has 0 N–H and O–H groups in total. The maximum absolute atomic E-state index is 10.7. The number of rotatable bonds is 7. The van der Waals surface area contributed by atoms with Crippen LogP contribution < -0.4 is 0 Å². The number of hydrogen-bond donors (Lipinski definition) is 0. The first-order chi connectivity index (χ1) is 31.5. The second-order valence-corrected chi connectivity index (χ2v) is 16.6. The fourth-order valence-corrected chi connectivity index (χ4v) is 4.58. The molecule has 27 heteroatoms. The summed E-state index contributed by atoms with van der Waals surface area (Å²) in [6, 6.07) is 47.0. The molecule has 0 atom stereocenters. The number of nitrogens with zero attached hydrogens (tertiary/aromatic N) is 12. The van der Waals surface area contributed by atoms with E-state index in [9.17, 15) is 50.4 Å². The predicted octanol–water partition coefficient (Wildman–Crippen LogP) is 14.7. The standard InChI is InChI=1S/C18H16N6.2C10H8N2.2C2H3N.2F6P.Ru/c1-3-7-15(8-4-1)11-23-13-17(19-21-23)18-14-24(22-20-18)12-16-9-5-2-6-10-16;2*1-3-7-11-9(5-1)10-6-2-4-8-12-10;2*1-2-3;2*1-7(2,3,4,5)6;/h1-10,13-14H,11-12H2;2*1-8H;2*1H3;;;/q;;;;;2*-1;+2. The SMILES string of the molecule is CC#N.CC#N.F[P-](F)(F)(F)(F)F.F[P-](F)(F)(F)(F)F.[Ru+2].c1ccc(-c2ccccn2)nc1.c1ccc(-c2ccccn2)nc1.c1ccc(Cn2cc(-c3cn(Cc4ccccc4)nn3)nn2)cc1. The zero-order valence-corrected chi connectivity index (χ0v) is 39.3. The molecule has 0 saturated heterocycles. The van der Waals surface area contributed by atoms with Crippen LogP contribution in [0.2, 0.25) is 0 Å². The fourth-order valence-electron chi connectivity index (χ4n) is 4.58. The Hall–Kier alpha value is -7.06. The summed E-state index contributed by atoms with van der Waals surface area (Å²) in [4.78, 5) is 16.7. The van der Waals surface area contributed by atoms with Gasteiger partial charge in [-0.2, -0.15) is 10.5 Å². The average molecular weight is 1100 g/mol. The Kier molecular flexibility index (Phi) is 22.0. The number of pyridine rings is 4. The Morgan fingerprint density at radius 3 is 0.812 bits per heavy atom. The topological polar surface area (TPSA) is 161 Å². The first kappa shape index (κ1) is 60.0. The fraction of sp³-hybridized carbons (Fsp3) is 0.0952. The van der Waals surface area contributed by atoms with Gasteiger partial charge in [-0.3, -0.25) is 19.9 Å². The van der Waals surface area contributed by atoms with Crippen LogP contribution in [0, 0.1) is 22.7 Å². The second kappa shape index (κ2) is 25.3. The van der Waals surface area contributed by atoms with Crippen molar-refractivity contribution in [3.05, 3.63) is 182 Å². The van der Waals surface area contributed by atoms with Gasteiger partial charge in [-0.1, -0.05) is 95.4 Å². The number of hydrogen-bond acceptors (Lipinski definition) is 10. The molecular weight excluding hydrogens is 1060 g/mol. The third kappa shape index (κ3) is 34.0. The molecule has 0 bridgehead atoms. The summed E-state index contributed by atoms with van der Waals surface area (Å²) in [6.07, 6.45) is 10.9. The van der Waals surface area contributed by atoms with Gasteiger partial charge in [0.05, 0.1) is 60.4 Å². The van der Waals surface area contributed by atoms with E-state index in [-0.39, 0.29) is 19.5 Å². The predicted molar refractivity (Wildman–Crippen MR) is 235 cm³/mol. The van der Waals surface area contributed by atoms with E-state index in [4.69, 9.17) is 10.5 Å². The summed E-state index contributed by atoms with van der Waals surface area (Å²) in [6.45, 7) is 4.23. The van der Waals surface area contributed by atoms with Gasteiger partial charge in [-0.25, -0.2) is 9.36 Å². The van der Waals surface area contributed by atoms with Crippen LogP contribution in [0.4, 0.5) is 50.4 Å². The van der Waals surface area contributed by atoms with Crippen LogP contribution in [-0.4, -0.2) is 49.9 Å². The van der Waals surface area contributed by atoms with E-state index in [1.165, 1.54) is 25.0 Å². The van der Waals surface area contributed by atoms with Crippen molar-refractivity contribution >= 4 is 15.6 Å². The number of halogens is 12. The molecular formula is C42H38F12N12P2Ru. The van der Waals surface area contributed by atoms with E-state index in [2.05, 4.69) is 64.8 Å². The van der Waals surface area contributed by atoms with Crippen LogP contribution in [0.3, 0.4) is 0 Å². The largest absolute Gasteiger partial charge is 2.00 e. The number of benzene rings is 2. The van der Waals surface area contributed by atoms with E-state index >= 15 is 0 Å². The molecule has 0 amide bonds. The zero-order chi connectivity index (χ0) is 50.9. The molecule has 0 saturated carbocycles. The van der Waals surface area contributed by atoms with Crippen molar-refractivity contribution in [3.63, 3.8) is 0 Å². The van der Waals surface area contributed by atoms with Gasteiger partial charge in [0.1, 0.15) is 11.4 Å². The van der Waals surface area contributed by atoms with Crippen LogP contribution in [0.25, 0.3) is 34.2 Å². The molecule has 0 aliphatic rings. The Balaban J connectivity index is 0.000000452. The van der Waals surface area contributed by atoms with Crippen molar-refractivity contribution in [1.82, 2.24) is 49.9 Å². The second-order valence-electron chi connectivity index (χ2n) is 12.8. The minimum absolute atomic E-state index is 0. The molecule has 0 aliphatic heterocycles. The quantitative estimate of drug-likeness (QED) is 0.0853. The van der Waals surface area contributed by atoms with Gasteiger partial charge in [0.25, 0.3) is 0 Å². The van der Waals surface area contributed by atoms with Crippen molar-refractivity contribution < 1.29 is 69.8 Å². The summed E-state index contributed by atoms with van der Waals surface area (Å²) in [7, 11) is -21.3. The van der Waals surface area contributed by atoms with Crippen LogP contribution in [0.5, 0.6) is 0 Å². The van der Waals surface area contributed by atoms with Crippen LogP contribution in [0.15, 0.2) is 171 Å². The minimum atomic E-state index is -10.7. The van der Waals surface area contributed by atoms with Gasteiger partial charge in [0.2, 0.25) is 0 Å². The van der Waals surface area contributed by atoms with Crippen LogP contribution in [-0.2, 0) is 32.6 Å². The van der Waals surface area contributed by atoms with Crippen molar-refractivity contribution in [2.75, 3.05) is 0 Å². The molecule has 2 aromatic carbocycles. The number of nitriles is 2. The molecule has 0 radical (unpaired) electrons. The van der Waals surface area contributed by atoms with E-state index in [1.54, 1.807) is 46.3 Å². The van der Waals surface area contributed by atoms with Gasteiger partial charge in [-0.15, -0.1) is 10.2 Å². The summed E-state index contributed by atoms with van der Waals surface area (Å²) >= 11 is 0. The molecule has 69 heavy (non-hydrogen) atoms. The monoisotopic (exact) mass is 1100 g/mol. The number of aromatic nitrogens is 10. The zero-order valence-electron chi connectivity index (χ0n) is 35.7. The molecule has 0 aliphatic carbocycles. The molecule has 0 unspecified atom stereocenters. The van der Waals surface area contributed by atoms with E-state index < -0.39 is 15.6 Å². The van der Waals surface area contributed by atoms with Gasteiger partial charge in [0.15, 0.2) is 0 Å². The van der Waals surface area contributed by atoms with E-state index in [1.807, 2.05) is 122 Å². The Labute approximate surface area is 399 Å². The normalized spacial score (nSPS) is 12.1. The smallest absolute Gasteiger partial charge is 0.255 e. The third-order valence-corrected chi connectivity index (χ3v) is 6.90. The Morgan fingerprint density at radius 2 is 0.609 bits per heavy atom. The van der Waals surface area contributed by atoms with Gasteiger partial charge in [-0.05, 0) is 59.7 Å². The summed E-state index contributed by atoms with van der Waals surface area (Å²) in [5.41, 5.74) is 7.48. The first-order valence-corrected chi connectivity index (χ1v) is 22.9. The summed E-state index contributed by atoms with van der Waals surface area (Å²) in [5.74, 6) is 0. The van der Waals surface area contributed by atoms with Crippen LogP contribution in [0.1, 0.15) is 25.0 Å². The minimum Gasteiger partial charge on any atom is -0.255 e. The Morgan fingerprint density at radius 1 is 0.391 bits per heavy atom. The molecule has 12 nitrogen and oxygen atoms in total. The Bertz CT molecular complexity index is 2460. The molecule has 0 spiro atoms. The van der Waals surface area contributed by atoms with Gasteiger partial charge < -0.3 is 0 Å². The van der Waals surface area contributed by atoms with Crippen molar-refractivity contribution in [2.45, 2.75) is 26.9 Å². The molecule has 8 rings (SSSR count). The average Bonchev–Trinajstić information content (AvgIpc) is 3.94. The molecule has 368 valence electrons. The van der Waals surface area contributed by atoms with E-state index in [0.29, 0.717) is 13.1 Å². The molecule has 6 aromatic heterocycles. The molecule has 0 fully saturated rings. The first-order valence-electron chi connectivity index (χ1n) is 18.8. The maximum atomic E-state index is 9.87. The summed E-state index contributed by atoms with van der Waals surface area (Å²) < 4.78 is 122. The molecule has 8 aromatic rings. The summed E-state index contributed by atoms with van der Waals surface area (Å²) in [5, 5.41) is 31.4. The third-order valence-electron chi connectivity index (χ3n) is 6.90. The van der Waals surface area contributed by atoms with E-state index in [0.717, 1.165) is 34.2 Å². The van der Waals surface area contributed by atoms with Gasteiger partial charge in [0, 0.05) is 38.6 Å². The van der Waals surface area contributed by atoms with Crippen molar-refractivity contribution in [3.8, 4) is 46.3 Å². The maximum Gasteiger partial charge on any atom is 2.00 e. The molecule has 6 heterocycles. The van der Waals surface area contributed by atoms with Gasteiger partial charge >= 0.3 is 85.5 Å². The van der Waals surface area contributed by atoms with Crippen molar-refractivity contribution in [1.29, 1.82) is 10.5 Å². The van der Waals surface area contributed by atoms with Crippen LogP contribution >= 0.6 is 15.6 Å². The van der Waals surface area contributed by atoms with Crippen molar-refractivity contribution in [2.24, 2.45) is 0 Å².